The van der Waals surface area contributed by atoms with Crippen molar-refractivity contribution in [2.24, 2.45) is 0 Å². The molecule has 0 aliphatic rings. The van der Waals surface area contributed by atoms with Gasteiger partial charge in [-0.25, -0.2) is 0 Å². The lowest BCUT2D eigenvalue weighted by Gasteiger charge is -2.30. The summed E-state index contributed by atoms with van der Waals surface area (Å²) in [6.45, 7) is 5.61. The summed E-state index contributed by atoms with van der Waals surface area (Å²) in [5, 5.41) is 16.1. The molecule has 7 heteroatoms. The van der Waals surface area contributed by atoms with Crippen LogP contribution >= 0.6 is 0 Å². The van der Waals surface area contributed by atoms with Gasteiger partial charge in [-0.1, -0.05) is 11.2 Å². The van der Waals surface area contributed by atoms with Gasteiger partial charge in [-0.2, -0.15) is 0 Å². The second-order valence-corrected chi connectivity index (χ2v) is 7.37. The van der Waals surface area contributed by atoms with Crippen LogP contribution in [0.4, 0.5) is 11.4 Å². The summed E-state index contributed by atoms with van der Waals surface area (Å²) in [5.74, 6) is 0.651. The highest BCUT2D eigenvalue weighted by molar-refractivity contribution is 5.81. The Labute approximate surface area is 174 Å². The van der Waals surface area contributed by atoms with Gasteiger partial charge in [0.15, 0.2) is 5.60 Å². The Hall–Kier alpha value is -3.71. The molecule has 0 aliphatic heterocycles. The van der Waals surface area contributed by atoms with E-state index in [1.165, 1.54) is 0 Å². The summed E-state index contributed by atoms with van der Waals surface area (Å²) in [4.78, 5) is 8.86. The van der Waals surface area contributed by atoms with Gasteiger partial charge in [0.2, 0.25) is 0 Å². The van der Waals surface area contributed by atoms with E-state index in [0.717, 1.165) is 22.4 Å². The molecular weight excluding hydrogens is 378 g/mol. The van der Waals surface area contributed by atoms with Gasteiger partial charge in [0, 0.05) is 23.5 Å². The molecule has 4 rings (SSSR count). The second-order valence-electron chi connectivity index (χ2n) is 7.37. The molecule has 5 N–H and O–H groups in total. The van der Waals surface area contributed by atoms with Crippen molar-refractivity contribution in [2.45, 2.75) is 26.4 Å². The smallest absolute Gasteiger partial charge is 0.176 e. The van der Waals surface area contributed by atoms with Crippen LogP contribution in [0.2, 0.25) is 0 Å². The molecule has 0 bridgehead atoms. The van der Waals surface area contributed by atoms with E-state index in [-0.39, 0.29) is 5.69 Å². The van der Waals surface area contributed by atoms with Gasteiger partial charge >= 0.3 is 0 Å². The average Bonchev–Trinajstić information content (AvgIpc) is 3.08. The largest absolute Gasteiger partial charge is 0.397 e. The number of pyridine rings is 2. The maximum atomic E-state index is 12.1. The van der Waals surface area contributed by atoms with Gasteiger partial charge in [0.05, 0.1) is 28.5 Å². The van der Waals surface area contributed by atoms with Gasteiger partial charge in [0.1, 0.15) is 5.76 Å². The molecule has 30 heavy (non-hydrogen) atoms. The fourth-order valence-corrected chi connectivity index (χ4v) is 3.73. The van der Waals surface area contributed by atoms with Crippen molar-refractivity contribution in [1.82, 2.24) is 15.1 Å². The monoisotopic (exact) mass is 401 g/mol. The summed E-state index contributed by atoms with van der Waals surface area (Å²) in [6.07, 6.45) is 3.27. The Morgan fingerprint density at radius 1 is 0.933 bits per heavy atom. The molecule has 0 fully saturated rings. The summed E-state index contributed by atoms with van der Waals surface area (Å²) >= 11 is 0. The van der Waals surface area contributed by atoms with E-state index in [1.54, 1.807) is 42.7 Å². The van der Waals surface area contributed by atoms with Crippen molar-refractivity contribution in [2.75, 3.05) is 11.5 Å². The maximum Gasteiger partial charge on any atom is 0.176 e. The fraction of sp³-hybridized carbons (Fsp3) is 0.174. The number of aryl methyl sites for hydroxylation is 3. The summed E-state index contributed by atoms with van der Waals surface area (Å²) in [5.41, 5.74) is 16.0. The van der Waals surface area contributed by atoms with Gasteiger partial charge in [-0.05, 0) is 68.3 Å². The molecule has 4 aromatic rings. The summed E-state index contributed by atoms with van der Waals surface area (Å²) in [7, 11) is 0. The summed E-state index contributed by atoms with van der Waals surface area (Å²) in [6, 6.07) is 12.6. The summed E-state index contributed by atoms with van der Waals surface area (Å²) < 4.78 is 5.32. The zero-order valence-electron chi connectivity index (χ0n) is 17.0. The van der Waals surface area contributed by atoms with Gasteiger partial charge in [-0.3, -0.25) is 9.97 Å². The molecule has 0 amide bonds. The van der Waals surface area contributed by atoms with Gasteiger partial charge in [-0.15, -0.1) is 0 Å². The lowest BCUT2D eigenvalue weighted by Crippen LogP contribution is -2.32. The third-order valence-corrected chi connectivity index (χ3v) is 5.25. The van der Waals surface area contributed by atoms with E-state index in [1.807, 2.05) is 32.9 Å². The van der Waals surface area contributed by atoms with Crippen LogP contribution in [0.25, 0.3) is 11.1 Å². The molecule has 3 heterocycles. The van der Waals surface area contributed by atoms with Crippen molar-refractivity contribution in [3.63, 3.8) is 0 Å². The van der Waals surface area contributed by atoms with E-state index in [0.29, 0.717) is 28.4 Å². The Bertz CT molecular complexity index is 1200. The van der Waals surface area contributed by atoms with Crippen molar-refractivity contribution in [1.29, 1.82) is 0 Å². The second kappa shape index (κ2) is 7.27. The quantitative estimate of drug-likeness (QED) is 0.447. The van der Waals surface area contributed by atoms with Crippen LogP contribution in [0.1, 0.15) is 34.0 Å². The molecule has 1 aromatic carbocycles. The lowest BCUT2D eigenvalue weighted by atomic mass is 9.82. The van der Waals surface area contributed by atoms with E-state index in [4.69, 9.17) is 16.0 Å². The van der Waals surface area contributed by atoms with Crippen LogP contribution in [0.3, 0.4) is 0 Å². The van der Waals surface area contributed by atoms with Crippen LogP contribution in [-0.4, -0.2) is 20.2 Å². The van der Waals surface area contributed by atoms with E-state index < -0.39 is 5.60 Å². The standard InChI is InChI=1S/C23H23N5O2/c1-13-7-9-27-20(10-13)23(29,19-6-4-5-8-26-19)17-11-16(12-18(24)22(17)25)21-14(2)28-30-15(21)3/h4-12,29H,24-25H2,1-3H3. The molecule has 0 saturated carbocycles. The predicted octanol–water partition coefficient (Wildman–Crippen LogP) is 3.51. The van der Waals surface area contributed by atoms with E-state index in [2.05, 4.69) is 15.1 Å². The number of anilines is 2. The van der Waals surface area contributed by atoms with E-state index >= 15 is 0 Å². The Kier molecular flexibility index (Phi) is 4.75. The molecular formula is C23H23N5O2. The van der Waals surface area contributed by atoms with Crippen molar-refractivity contribution < 1.29 is 9.63 Å². The first kappa shape index (κ1) is 19.6. The van der Waals surface area contributed by atoms with Crippen LogP contribution < -0.4 is 11.5 Å². The first-order valence-corrected chi connectivity index (χ1v) is 9.52. The maximum absolute atomic E-state index is 12.1. The molecule has 3 aromatic heterocycles. The third-order valence-electron chi connectivity index (χ3n) is 5.25. The van der Waals surface area contributed by atoms with Gasteiger partial charge in [0.25, 0.3) is 0 Å². The molecule has 1 unspecified atom stereocenters. The van der Waals surface area contributed by atoms with Crippen LogP contribution in [-0.2, 0) is 5.60 Å². The Balaban J connectivity index is 2.05. The lowest BCUT2D eigenvalue weighted by molar-refractivity contribution is 0.117. The number of rotatable bonds is 4. The van der Waals surface area contributed by atoms with Crippen LogP contribution in [0.15, 0.2) is 59.4 Å². The number of hydrogen-bond donors (Lipinski definition) is 3. The van der Waals surface area contributed by atoms with Crippen molar-refractivity contribution >= 4 is 11.4 Å². The number of aliphatic hydroxyl groups is 1. The number of benzene rings is 1. The molecule has 0 radical (unpaired) electrons. The first-order chi connectivity index (χ1) is 14.3. The Morgan fingerprint density at radius 2 is 1.70 bits per heavy atom. The minimum absolute atomic E-state index is 0.266. The Morgan fingerprint density at radius 3 is 2.33 bits per heavy atom. The highest BCUT2D eigenvalue weighted by atomic mass is 16.5. The predicted molar refractivity (Wildman–Crippen MR) is 116 cm³/mol. The molecule has 0 aliphatic carbocycles. The molecule has 1 atom stereocenters. The number of nitrogen functional groups attached to an aromatic ring is 2. The number of aromatic nitrogens is 3. The number of hydrogen-bond acceptors (Lipinski definition) is 7. The normalized spacial score (nSPS) is 13.2. The average molecular weight is 401 g/mol. The number of nitrogens with two attached hydrogens (primary N) is 2. The van der Waals surface area contributed by atoms with Crippen LogP contribution in [0.5, 0.6) is 0 Å². The molecule has 0 saturated heterocycles. The van der Waals surface area contributed by atoms with Crippen LogP contribution in [0, 0.1) is 20.8 Å². The molecule has 152 valence electrons. The highest BCUT2D eigenvalue weighted by Gasteiger charge is 2.39. The highest BCUT2D eigenvalue weighted by Crippen LogP contribution is 2.42. The SMILES string of the molecule is Cc1ccnc(C(O)(c2ccccn2)c2cc(-c3c(C)noc3C)cc(N)c2N)c1. The topological polar surface area (TPSA) is 124 Å². The van der Waals surface area contributed by atoms with E-state index in [9.17, 15) is 5.11 Å². The zero-order chi connectivity index (χ0) is 21.5. The molecule has 0 spiro atoms. The third kappa shape index (κ3) is 3.09. The van der Waals surface area contributed by atoms with Gasteiger partial charge < -0.3 is 21.1 Å². The minimum atomic E-state index is -1.71. The number of nitrogens with zero attached hydrogens (tertiary/aromatic N) is 3. The first-order valence-electron chi connectivity index (χ1n) is 9.52. The van der Waals surface area contributed by atoms with Crippen molar-refractivity contribution in [3.05, 3.63) is 88.8 Å². The van der Waals surface area contributed by atoms with Crippen molar-refractivity contribution in [3.8, 4) is 11.1 Å². The molecule has 7 nitrogen and oxygen atoms in total. The zero-order valence-corrected chi connectivity index (χ0v) is 17.0. The minimum Gasteiger partial charge on any atom is -0.397 e. The fourth-order valence-electron chi connectivity index (χ4n) is 3.73.